The minimum Gasteiger partial charge on any atom is -0.357 e. The molecule has 1 amide bonds. The van der Waals surface area contributed by atoms with Crippen LogP contribution in [-0.2, 0) is 10.2 Å². The molecule has 0 aliphatic rings. The van der Waals surface area contributed by atoms with Gasteiger partial charge in [0, 0.05) is 29.9 Å². The van der Waals surface area contributed by atoms with Crippen LogP contribution in [0.4, 0.5) is 0 Å². The molecule has 0 aliphatic carbocycles. The molecule has 1 aromatic rings. The Morgan fingerprint density at radius 1 is 1.24 bits per heavy atom. The molecule has 6 heteroatoms. The van der Waals surface area contributed by atoms with Crippen LogP contribution in [0.25, 0.3) is 0 Å². The molecule has 3 N–H and O–H groups in total. The van der Waals surface area contributed by atoms with Crippen molar-refractivity contribution in [1.82, 2.24) is 16.0 Å². The molecular formula is C15H26N4OS. The SMILES string of the molecule is CCNC(=O)CN=C(NCC)NCC(C)(C)c1cccs1. The molecule has 0 fully saturated rings. The molecule has 0 bridgehead atoms. The molecular weight excluding hydrogens is 284 g/mol. The number of thiophene rings is 1. The van der Waals surface area contributed by atoms with E-state index in [0.29, 0.717) is 12.5 Å². The summed E-state index contributed by atoms with van der Waals surface area (Å²) in [6.45, 7) is 10.6. The van der Waals surface area contributed by atoms with Crippen LogP contribution in [0.5, 0.6) is 0 Å². The molecule has 0 radical (unpaired) electrons. The molecule has 0 spiro atoms. The number of amides is 1. The van der Waals surface area contributed by atoms with Gasteiger partial charge in [0.05, 0.1) is 0 Å². The summed E-state index contributed by atoms with van der Waals surface area (Å²) in [5.41, 5.74) is 0.0238. The fourth-order valence-electron chi connectivity index (χ4n) is 1.80. The average molecular weight is 310 g/mol. The molecule has 0 aromatic carbocycles. The molecule has 0 aliphatic heterocycles. The third-order valence-corrected chi connectivity index (χ3v) is 4.22. The number of likely N-dealkylation sites (N-methyl/N-ethyl adjacent to an activating group) is 1. The molecule has 21 heavy (non-hydrogen) atoms. The second-order valence-electron chi connectivity index (χ2n) is 5.36. The zero-order chi connectivity index (χ0) is 15.7. The van der Waals surface area contributed by atoms with Crippen molar-refractivity contribution in [3.63, 3.8) is 0 Å². The summed E-state index contributed by atoms with van der Waals surface area (Å²) in [6.07, 6.45) is 0. The van der Waals surface area contributed by atoms with E-state index in [1.807, 2.05) is 13.8 Å². The fraction of sp³-hybridized carbons (Fsp3) is 0.600. The van der Waals surface area contributed by atoms with Crippen LogP contribution < -0.4 is 16.0 Å². The Kier molecular flexibility index (Phi) is 7.22. The van der Waals surface area contributed by atoms with Crippen molar-refractivity contribution in [3.05, 3.63) is 22.4 Å². The number of rotatable bonds is 7. The fourth-order valence-corrected chi connectivity index (χ4v) is 2.65. The van der Waals surface area contributed by atoms with E-state index in [-0.39, 0.29) is 17.9 Å². The van der Waals surface area contributed by atoms with Crippen molar-refractivity contribution < 1.29 is 4.79 Å². The van der Waals surface area contributed by atoms with Crippen molar-refractivity contribution in [2.24, 2.45) is 4.99 Å². The van der Waals surface area contributed by atoms with Gasteiger partial charge < -0.3 is 16.0 Å². The first kappa shape index (κ1) is 17.5. The molecule has 1 rings (SSSR count). The lowest BCUT2D eigenvalue weighted by Crippen LogP contribution is -2.43. The van der Waals surface area contributed by atoms with Crippen molar-refractivity contribution in [3.8, 4) is 0 Å². The van der Waals surface area contributed by atoms with Gasteiger partial charge in [-0.05, 0) is 25.3 Å². The maximum Gasteiger partial charge on any atom is 0.241 e. The van der Waals surface area contributed by atoms with Crippen LogP contribution in [0.2, 0.25) is 0 Å². The summed E-state index contributed by atoms with van der Waals surface area (Å²) in [5, 5.41) is 11.3. The number of carbonyl (C=O) groups is 1. The highest BCUT2D eigenvalue weighted by Gasteiger charge is 2.21. The number of nitrogens with zero attached hydrogens (tertiary/aromatic N) is 1. The number of carbonyl (C=O) groups excluding carboxylic acids is 1. The second kappa shape index (κ2) is 8.67. The molecule has 0 atom stereocenters. The van der Waals surface area contributed by atoms with Crippen LogP contribution in [-0.4, -0.2) is 38.0 Å². The molecule has 5 nitrogen and oxygen atoms in total. The smallest absolute Gasteiger partial charge is 0.241 e. The standard InChI is InChI=1S/C15H26N4OS/c1-5-16-13(20)10-18-14(17-6-2)19-11-15(3,4)12-8-7-9-21-12/h7-9H,5-6,10-11H2,1-4H3,(H,16,20)(H2,17,18,19). The Morgan fingerprint density at radius 3 is 2.52 bits per heavy atom. The normalized spacial score (nSPS) is 12.1. The number of hydrogen-bond acceptors (Lipinski definition) is 3. The first-order chi connectivity index (χ1) is 9.99. The van der Waals surface area contributed by atoms with Crippen molar-refractivity contribution >= 4 is 23.2 Å². The maximum absolute atomic E-state index is 11.5. The predicted octanol–water partition coefficient (Wildman–Crippen LogP) is 1.72. The van der Waals surface area contributed by atoms with Gasteiger partial charge in [-0.1, -0.05) is 19.9 Å². The van der Waals surface area contributed by atoms with Gasteiger partial charge in [0.15, 0.2) is 5.96 Å². The molecule has 0 saturated heterocycles. The number of nitrogens with one attached hydrogen (secondary N) is 3. The molecule has 1 aromatic heterocycles. The van der Waals surface area contributed by atoms with E-state index in [1.165, 1.54) is 4.88 Å². The average Bonchev–Trinajstić information content (AvgIpc) is 2.97. The molecule has 118 valence electrons. The zero-order valence-electron chi connectivity index (χ0n) is 13.3. The first-order valence-electron chi connectivity index (χ1n) is 7.32. The van der Waals surface area contributed by atoms with Gasteiger partial charge in [-0.25, -0.2) is 4.99 Å². The predicted molar refractivity (Wildman–Crippen MR) is 90.0 cm³/mol. The first-order valence-corrected chi connectivity index (χ1v) is 8.20. The summed E-state index contributed by atoms with van der Waals surface area (Å²) in [7, 11) is 0. The lowest BCUT2D eigenvalue weighted by molar-refractivity contribution is -0.119. The van der Waals surface area contributed by atoms with Crippen LogP contribution in [0.15, 0.2) is 22.5 Å². The Morgan fingerprint density at radius 2 is 1.95 bits per heavy atom. The zero-order valence-corrected chi connectivity index (χ0v) is 14.1. The van der Waals surface area contributed by atoms with Gasteiger partial charge in [-0.3, -0.25) is 4.79 Å². The highest BCUT2D eigenvalue weighted by atomic mass is 32.1. The minimum absolute atomic E-state index is 0.0238. The Labute approximate surface area is 131 Å². The van der Waals surface area contributed by atoms with Crippen molar-refractivity contribution in [2.45, 2.75) is 33.1 Å². The summed E-state index contributed by atoms with van der Waals surface area (Å²) in [6, 6.07) is 4.21. The summed E-state index contributed by atoms with van der Waals surface area (Å²) in [5.74, 6) is 0.612. The van der Waals surface area contributed by atoms with Crippen LogP contribution >= 0.6 is 11.3 Å². The molecule has 1 heterocycles. The van der Waals surface area contributed by atoms with E-state index in [9.17, 15) is 4.79 Å². The van der Waals surface area contributed by atoms with Gasteiger partial charge in [-0.2, -0.15) is 0 Å². The minimum atomic E-state index is -0.0628. The monoisotopic (exact) mass is 310 g/mol. The van der Waals surface area contributed by atoms with Crippen molar-refractivity contribution in [1.29, 1.82) is 0 Å². The van der Waals surface area contributed by atoms with Crippen molar-refractivity contribution in [2.75, 3.05) is 26.2 Å². The quantitative estimate of drug-likeness (QED) is 0.531. The van der Waals surface area contributed by atoms with Gasteiger partial charge >= 0.3 is 0 Å². The highest BCUT2D eigenvalue weighted by Crippen LogP contribution is 2.26. The Balaban J connectivity index is 2.58. The Hall–Kier alpha value is -1.56. The van der Waals surface area contributed by atoms with Gasteiger partial charge in [0.2, 0.25) is 5.91 Å². The van der Waals surface area contributed by atoms with E-state index < -0.39 is 0 Å². The maximum atomic E-state index is 11.5. The highest BCUT2D eigenvalue weighted by molar-refractivity contribution is 7.10. The third-order valence-electron chi connectivity index (χ3n) is 2.98. The van der Waals surface area contributed by atoms with E-state index in [1.54, 1.807) is 11.3 Å². The lowest BCUT2D eigenvalue weighted by Gasteiger charge is -2.25. The van der Waals surface area contributed by atoms with E-state index >= 15 is 0 Å². The van der Waals surface area contributed by atoms with Gasteiger partial charge in [0.1, 0.15) is 6.54 Å². The summed E-state index contributed by atoms with van der Waals surface area (Å²) >= 11 is 1.76. The van der Waals surface area contributed by atoms with E-state index in [2.05, 4.69) is 52.3 Å². The van der Waals surface area contributed by atoms with E-state index in [4.69, 9.17) is 0 Å². The summed E-state index contributed by atoms with van der Waals surface area (Å²) in [4.78, 5) is 17.1. The lowest BCUT2D eigenvalue weighted by atomic mass is 9.91. The van der Waals surface area contributed by atoms with Gasteiger partial charge in [-0.15, -0.1) is 11.3 Å². The topological polar surface area (TPSA) is 65.5 Å². The van der Waals surface area contributed by atoms with Crippen LogP contribution in [0.1, 0.15) is 32.6 Å². The molecule has 0 saturated carbocycles. The van der Waals surface area contributed by atoms with E-state index in [0.717, 1.165) is 13.1 Å². The largest absolute Gasteiger partial charge is 0.357 e. The van der Waals surface area contributed by atoms with Crippen LogP contribution in [0.3, 0.4) is 0 Å². The number of guanidine groups is 1. The number of hydrogen-bond donors (Lipinski definition) is 3. The van der Waals surface area contributed by atoms with Gasteiger partial charge in [0.25, 0.3) is 0 Å². The third kappa shape index (κ3) is 6.16. The number of aliphatic imine (C=N–C) groups is 1. The van der Waals surface area contributed by atoms with Crippen LogP contribution in [0, 0.1) is 0 Å². The molecule has 0 unspecified atom stereocenters. The summed E-state index contributed by atoms with van der Waals surface area (Å²) < 4.78 is 0. The second-order valence-corrected chi connectivity index (χ2v) is 6.31. The Bertz CT molecular complexity index is 454.